The third kappa shape index (κ3) is 5.26. The molecular weight excluding hydrogens is 370 g/mol. The van der Waals surface area contributed by atoms with Crippen molar-refractivity contribution in [2.45, 2.75) is 31.0 Å². The molecule has 2 atom stereocenters. The third-order valence-electron chi connectivity index (χ3n) is 4.61. The number of benzene rings is 1. The Hall–Kier alpha value is -1.52. The molecule has 2 unspecified atom stereocenters. The van der Waals surface area contributed by atoms with Gasteiger partial charge in [0.15, 0.2) is 0 Å². The summed E-state index contributed by atoms with van der Waals surface area (Å²) in [6, 6.07) is 6.30. The van der Waals surface area contributed by atoms with E-state index in [1.165, 1.54) is 16.4 Å². The molecule has 8 nitrogen and oxygen atoms in total. The summed E-state index contributed by atoms with van der Waals surface area (Å²) >= 11 is 0. The molecule has 2 aliphatic heterocycles. The first-order valence-electron chi connectivity index (χ1n) is 9.20. The number of nitrogens with zero attached hydrogens (tertiary/aromatic N) is 2. The molecule has 9 heteroatoms. The largest absolute Gasteiger partial charge is 0.379 e. The summed E-state index contributed by atoms with van der Waals surface area (Å²) in [5, 5.41) is 2.83. The fourth-order valence-electron chi connectivity index (χ4n) is 3.46. The number of hydrogen-bond acceptors (Lipinski definition) is 6. The van der Waals surface area contributed by atoms with Gasteiger partial charge in [0.25, 0.3) is 0 Å². The van der Waals surface area contributed by atoms with Crippen molar-refractivity contribution in [2.24, 2.45) is 0 Å². The molecule has 150 valence electrons. The second kappa shape index (κ2) is 8.66. The van der Waals surface area contributed by atoms with Crippen LogP contribution in [-0.4, -0.2) is 81.7 Å². The Labute approximate surface area is 160 Å². The van der Waals surface area contributed by atoms with E-state index in [1.54, 1.807) is 12.1 Å². The van der Waals surface area contributed by atoms with Crippen LogP contribution in [0.4, 0.5) is 5.69 Å². The number of rotatable bonds is 5. The van der Waals surface area contributed by atoms with Crippen molar-refractivity contribution in [3.8, 4) is 0 Å². The fraction of sp³-hybridized carbons (Fsp3) is 0.611. The Morgan fingerprint density at radius 2 is 1.70 bits per heavy atom. The van der Waals surface area contributed by atoms with Gasteiger partial charge in [0.1, 0.15) is 0 Å². The van der Waals surface area contributed by atoms with E-state index in [-0.39, 0.29) is 29.6 Å². The molecule has 2 aliphatic rings. The molecule has 1 amide bonds. The van der Waals surface area contributed by atoms with Gasteiger partial charge in [0.2, 0.25) is 15.9 Å². The van der Waals surface area contributed by atoms with Crippen LogP contribution in [0.3, 0.4) is 0 Å². The van der Waals surface area contributed by atoms with E-state index in [4.69, 9.17) is 9.47 Å². The van der Waals surface area contributed by atoms with Crippen LogP contribution in [0.2, 0.25) is 0 Å². The number of hydrogen-bond donors (Lipinski definition) is 1. The maximum atomic E-state index is 12.6. The number of sulfonamides is 1. The molecule has 3 rings (SSSR count). The van der Waals surface area contributed by atoms with Crippen LogP contribution >= 0.6 is 0 Å². The number of nitrogens with one attached hydrogen (secondary N) is 1. The molecule has 1 aromatic carbocycles. The first kappa shape index (κ1) is 20.2. The molecule has 0 saturated carbocycles. The van der Waals surface area contributed by atoms with Gasteiger partial charge in [-0.3, -0.25) is 9.69 Å². The average Bonchev–Trinajstić information content (AvgIpc) is 2.62. The van der Waals surface area contributed by atoms with E-state index >= 15 is 0 Å². The minimum absolute atomic E-state index is 0.103. The lowest BCUT2D eigenvalue weighted by Crippen LogP contribution is -2.48. The van der Waals surface area contributed by atoms with Gasteiger partial charge in [-0.15, -0.1) is 0 Å². The summed E-state index contributed by atoms with van der Waals surface area (Å²) in [5.74, 6) is -0.125. The zero-order valence-corrected chi connectivity index (χ0v) is 16.6. The van der Waals surface area contributed by atoms with Crippen LogP contribution in [0.25, 0.3) is 0 Å². The first-order valence-corrected chi connectivity index (χ1v) is 10.6. The number of morpholine rings is 2. The molecule has 0 radical (unpaired) electrons. The zero-order valence-electron chi connectivity index (χ0n) is 15.8. The monoisotopic (exact) mass is 397 g/mol. The van der Waals surface area contributed by atoms with Crippen molar-refractivity contribution >= 4 is 21.6 Å². The maximum Gasteiger partial charge on any atom is 0.243 e. The minimum Gasteiger partial charge on any atom is -0.379 e. The molecule has 0 bridgehead atoms. The van der Waals surface area contributed by atoms with Crippen LogP contribution in [-0.2, 0) is 24.3 Å². The number of amides is 1. The van der Waals surface area contributed by atoms with E-state index < -0.39 is 10.0 Å². The third-order valence-corrected chi connectivity index (χ3v) is 6.52. The van der Waals surface area contributed by atoms with E-state index in [1.807, 2.05) is 13.8 Å². The van der Waals surface area contributed by atoms with Gasteiger partial charge in [-0.1, -0.05) is 0 Å². The smallest absolute Gasteiger partial charge is 0.243 e. The predicted octanol–water partition coefficient (Wildman–Crippen LogP) is 0.755. The molecule has 1 N–H and O–H groups in total. The second-order valence-corrected chi connectivity index (χ2v) is 8.98. The molecule has 27 heavy (non-hydrogen) atoms. The first-order chi connectivity index (χ1) is 12.8. The van der Waals surface area contributed by atoms with Gasteiger partial charge in [-0.05, 0) is 38.1 Å². The number of carbonyl (C=O) groups is 1. The Morgan fingerprint density at radius 1 is 1.11 bits per heavy atom. The van der Waals surface area contributed by atoms with Crippen molar-refractivity contribution in [3.05, 3.63) is 24.3 Å². The topological polar surface area (TPSA) is 88.2 Å². The van der Waals surface area contributed by atoms with Crippen LogP contribution in [0, 0.1) is 0 Å². The van der Waals surface area contributed by atoms with Crippen LogP contribution < -0.4 is 5.32 Å². The van der Waals surface area contributed by atoms with Crippen LogP contribution in [0.1, 0.15) is 13.8 Å². The Kier molecular flexibility index (Phi) is 6.48. The van der Waals surface area contributed by atoms with Crippen LogP contribution in [0.15, 0.2) is 29.2 Å². The lowest BCUT2D eigenvalue weighted by molar-refractivity contribution is -0.121. The number of ether oxygens (including phenoxy) is 2. The highest BCUT2D eigenvalue weighted by atomic mass is 32.2. The standard InChI is InChI=1S/C18H27N3O5S/c1-14-11-20(12-15(2)26-14)13-18(22)19-16-3-5-17(6-4-16)27(23,24)21-7-9-25-10-8-21/h3-6,14-15H,7-13H2,1-2H3,(H,19,22). The van der Waals surface area contributed by atoms with E-state index in [0.29, 0.717) is 45.1 Å². The maximum absolute atomic E-state index is 12.6. The highest BCUT2D eigenvalue weighted by molar-refractivity contribution is 7.89. The van der Waals surface area contributed by atoms with Gasteiger partial charge in [0.05, 0.1) is 36.9 Å². The molecule has 0 aromatic heterocycles. The van der Waals surface area contributed by atoms with Gasteiger partial charge in [0, 0.05) is 31.9 Å². The van der Waals surface area contributed by atoms with Crippen molar-refractivity contribution in [3.63, 3.8) is 0 Å². The highest BCUT2D eigenvalue weighted by Gasteiger charge is 2.26. The SMILES string of the molecule is CC1CN(CC(=O)Nc2ccc(S(=O)(=O)N3CCOCC3)cc2)CC(C)O1. The van der Waals surface area contributed by atoms with Crippen molar-refractivity contribution in [1.82, 2.24) is 9.21 Å². The Bertz CT molecular complexity index is 737. The highest BCUT2D eigenvalue weighted by Crippen LogP contribution is 2.19. The average molecular weight is 397 g/mol. The second-order valence-electron chi connectivity index (χ2n) is 7.04. The summed E-state index contributed by atoms with van der Waals surface area (Å²) < 4.78 is 37.5. The summed E-state index contributed by atoms with van der Waals surface area (Å²) in [4.78, 5) is 14.6. The van der Waals surface area contributed by atoms with E-state index in [9.17, 15) is 13.2 Å². The normalized spacial score (nSPS) is 25.3. The fourth-order valence-corrected chi connectivity index (χ4v) is 4.87. The molecular formula is C18H27N3O5S. The predicted molar refractivity (Wildman–Crippen MR) is 101 cm³/mol. The summed E-state index contributed by atoms with van der Waals surface area (Å²) in [5.41, 5.74) is 0.579. The van der Waals surface area contributed by atoms with Crippen molar-refractivity contribution in [2.75, 3.05) is 51.3 Å². The van der Waals surface area contributed by atoms with Gasteiger partial charge >= 0.3 is 0 Å². The molecule has 1 aromatic rings. The van der Waals surface area contributed by atoms with Crippen molar-refractivity contribution < 1.29 is 22.7 Å². The zero-order chi connectivity index (χ0) is 19.4. The number of anilines is 1. The van der Waals surface area contributed by atoms with Gasteiger partial charge in [-0.25, -0.2) is 8.42 Å². The Morgan fingerprint density at radius 3 is 2.30 bits per heavy atom. The molecule has 2 heterocycles. The lowest BCUT2D eigenvalue weighted by atomic mass is 10.2. The lowest BCUT2D eigenvalue weighted by Gasteiger charge is -2.34. The molecule has 0 spiro atoms. The summed E-state index contributed by atoms with van der Waals surface area (Å²) in [6.45, 7) is 7.24. The molecule has 2 fully saturated rings. The number of carbonyl (C=O) groups excluding carboxylic acids is 1. The summed E-state index contributed by atoms with van der Waals surface area (Å²) in [7, 11) is -3.52. The van der Waals surface area contributed by atoms with Crippen molar-refractivity contribution in [1.29, 1.82) is 0 Å². The van der Waals surface area contributed by atoms with Gasteiger partial charge in [-0.2, -0.15) is 4.31 Å². The molecule has 0 aliphatic carbocycles. The minimum atomic E-state index is -3.52. The van der Waals surface area contributed by atoms with E-state index in [0.717, 1.165) is 0 Å². The quantitative estimate of drug-likeness (QED) is 0.789. The Balaban J connectivity index is 1.58. The van der Waals surface area contributed by atoms with Gasteiger partial charge < -0.3 is 14.8 Å². The van der Waals surface area contributed by atoms with E-state index in [2.05, 4.69) is 10.2 Å². The summed E-state index contributed by atoms with van der Waals surface area (Å²) in [6.07, 6.45) is 0.206. The molecule has 2 saturated heterocycles. The van der Waals surface area contributed by atoms with Crippen LogP contribution in [0.5, 0.6) is 0 Å².